The van der Waals surface area contributed by atoms with E-state index in [4.69, 9.17) is 5.11 Å². The van der Waals surface area contributed by atoms with Gasteiger partial charge in [-0.05, 0) is 6.42 Å². The van der Waals surface area contributed by atoms with Crippen molar-refractivity contribution in [3.8, 4) is 0 Å². The van der Waals surface area contributed by atoms with Gasteiger partial charge in [0.25, 0.3) is 0 Å². The molecule has 0 heterocycles. The molecule has 0 aliphatic heterocycles. The Kier molecular flexibility index (Phi) is 5.30. The van der Waals surface area contributed by atoms with Crippen LogP contribution in [0.1, 0.15) is 32.6 Å². The highest BCUT2D eigenvalue weighted by Gasteiger charge is 2.08. The van der Waals surface area contributed by atoms with Crippen molar-refractivity contribution >= 4 is 16.2 Å². The van der Waals surface area contributed by atoms with E-state index in [1.54, 1.807) is 0 Å². The lowest BCUT2D eigenvalue weighted by atomic mass is 10.1. The Morgan fingerprint density at radius 2 is 2.20 bits per heavy atom. The zero-order valence-electron chi connectivity index (χ0n) is 6.76. The molecule has 0 aromatic rings. The number of rotatable bonds is 5. The van der Waals surface area contributed by atoms with Gasteiger partial charge in [-0.3, -0.25) is 4.79 Å². The Labute approximate surface area is 65.1 Å². The number of aliphatic carboxylic acids is 1. The summed E-state index contributed by atoms with van der Waals surface area (Å²) in [6.45, 7) is 2.13. The van der Waals surface area contributed by atoms with Gasteiger partial charge >= 0.3 is 5.97 Å². The Hall–Kier alpha value is -0.313. The summed E-state index contributed by atoms with van der Waals surface area (Å²) in [7, 11) is 0.791. The first-order valence-corrected chi connectivity index (χ1v) is 5.06. The Morgan fingerprint density at radius 3 is 2.60 bits per heavy atom. The van der Waals surface area contributed by atoms with Crippen molar-refractivity contribution < 1.29 is 9.90 Å². The number of hydrogen-bond acceptors (Lipinski definition) is 1. The van der Waals surface area contributed by atoms with Crippen LogP contribution in [0.2, 0.25) is 5.54 Å². The second-order valence-corrected chi connectivity index (χ2v) is 4.13. The lowest BCUT2D eigenvalue weighted by Gasteiger charge is -2.03. The average molecular weight is 160 g/mol. The molecule has 2 nitrogen and oxygen atoms in total. The summed E-state index contributed by atoms with van der Waals surface area (Å²) < 4.78 is 0. The minimum Gasteiger partial charge on any atom is -0.481 e. The molecular weight excluding hydrogens is 144 g/mol. The molecule has 0 amide bonds. The summed E-state index contributed by atoms with van der Waals surface area (Å²) in [5.74, 6) is -0.609. The van der Waals surface area contributed by atoms with Crippen LogP contribution in [0.25, 0.3) is 0 Å². The average Bonchev–Trinajstić information content (AvgIpc) is 1.88. The maximum atomic E-state index is 10.3. The van der Waals surface area contributed by atoms with Gasteiger partial charge in [0.15, 0.2) is 0 Å². The summed E-state index contributed by atoms with van der Waals surface area (Å²) in [4.78, 5) is 10.3. The molecule has 1 N–H and O–H groups in total. The van der Waals surface area contributed by atoms with Gasteiger partial charge in [0, 0.05) is 15.8 Å². The highest BCUT2D eigenvalue weighted by molar-refractivity contribution is 6.22. The molecule has 3 heteroatoms. The second-order valence-electron chi connectivity index (χ2n) is 2.74. The third-order valence-electron chi connectivity index (χ3n) is 1.66. The van der Waals surface area contributed by atoms with Crippen LogP contribution in [-0.4, -0.2) is 21.3 Å². The molecule has 1 atom stereocenters. The van der Waals surface area contributed by atoms with Gasteiger partial charge < -0.3 is 5.11 Å². The maximum absolute atomic E-state index is 10.3. The van der Waals surface area contributed by atoms with Crippen molar-refractivity contribution in [2.45, 2.75) is 38.1 Å². The normalized spacial score (nSPS) is 13.3. The molecule has 0 rings (SSSR count). The molecule has 0 aliphatic carbocycles. The van der Waals surface area contributed by atoms with Crippen LogP contribution in [0, 0.1) is 0 Å². The van der Waals surface area contributed by atoms with E-state index in [-0.39, 0.29) is 5.54 Å². The molecule has 60 valence electrons. The molecule has 0 spiro atoms. The van der Waals surface area contributed by atoms with Crippen LogP contribution < -0.4 is 0 Å². The first-order chi connectivity index (χ1) is 4.68. The topological polar surface area (TPSA) is 37.3 Å². The lowest BCUT2D eigenvalue weighted by Crippen LogP contribution is -2.06. The molecule has 0 radical (unpaired) electrons. The van der Waals surface area contributed by atoms with Gasteiger partial charge in [0.1, 0.15) is 0 Å². The van der Waals surface area contributed by atoms with Crippen molar-refractivity contribution in [3.05, 3.63) is 0 Å². The molecular formula is C7H16O2Si. The highest BCUT2D eigenvalue weighted by Crippen LogP contribution is 2.11. The van der Waals surface area contributed by atoms with Gasteiger partial charge in [-0.25, -0.2) is 0 Å². The van der Waals surface area contributed by atoms with E-state index in [1.165, 1.54) is 12.8 Å². The quantitative estimate of drug-likeness (QED) is 0.477. The molecule has 0 fully saturated rings. The number of carbonyl (C=O) groups is 1. The third-order valence-corrected chi connectivity index (χ3v) is 2.73. The zero-order chi connectivity index (χ0) is 7.98. The predicted octanol–water partition coefficient (Wildman–Crippen LogP) is 0.805. The molecule has 0 saturated heterocycles. The number of carboxylic acid groups (broad SMARTS) is 1. The largest absolute Gasteiger partial charge is 0.481 e. The van der Waals surface area contributed by atoms with Crippen molar-refractivity contribution in [1.29, 1.82) is 0 Å². The summed E-state index contributed by atoms with van der Waals surface area (Å²) in [6, 6.07) is 0. The second kappa shape index (κ2) is 5.47. The number of hydrogen-bond donors (Lipinski definition) is 1. The monoisotopic (exact) mass is 160 g/mol. The fourth-order valence-corrected chi connectivity index (χ4v) is 1.23. The van der Waals surface area contributed by atoms with Gasteiger partial charge in [0.2, 0.25) is 0 Å². The molecule has 0 aliphatic rings. The van der Waals surface area contributed by atoms with Gasteiger partial charge in [-0.1, -0.05) is 26.2 Å². The molecule has 0 aromatic carbocycles. The minimum absolute atomic E-state index is 0.0217. The standard InChI is InChI=1S/C7H16O2Si/c1-2-3-4-5-6(10)7(8)9/h6H,2-5H2,1,10H3,(H,8,9). The van der Waals surface area contributed by atoms with E-state index in [0.717, 1.165) is 23.1 Å². The van der Waals surface area contributed by atoms with Gasteiger partial charge in [-0.15, -0.1) is 0 Å². The summed E-state index contributed by atoms with van der Waals surface area (Å²) in [5, 5.41) is 8.52. The molecule has 10 heavy (non-hydrogen) atoms. The van der Waals surface area contributed by atoms with Crippen LogP contribution >= 0.6 is 0 Å². The highest BCUT2D eigenvalue weighted by atomic mass is 28.1. The van der Waals surface area contributed by atoms with Crippen molar-refractivity contribution in [2.75, 3.05) is 0 Å². The van der Waals surface area contributed by atoms with Crippen LogP contribution in [0.5, 0.6) is 0 Å². The Bertz CT molecular complexity index is 104. The van der Waals surface area contributed by atoms with E-state index in [9.17, 15) is 4.79 Å². The summed E-state index contributed by atoms with van der Waals surface area (Å²) in [5.41, 5.74) is -0.0217. The SMILES string of the molecule is CCCCCC([SiH3])C(=O)O. The first kappa shape index (κ1) is 9.69. The van der Waals surface area contributed by atoms with Gasteiger partial charge in [0.05, 0.1) is 0 Å². The van der Waals surface area contributed by atoms with E-state index in [2.05, 4.69) is 6.92 Å². The number of carboxylic acids is 1. The van der Waals surface area contributed by atoms with Crippen molar-refractivity contribution in [2.24, 2.45) is 0 Å². The summed E-state index contributed by atoms with van der Waals surface area (Å²) >= 11 is 0. The predicted molar refractivity (Wildman–Crippen MR) is 45.5 cm³/mol. The lowest BCUT2D eigenvalue weighted by molar-refractivity contribution is -0.137. The van der Waals surface area contributed by atoms with Crippen molar-refractivity contribution in [3.63, 3.8) is 0 Å². The summed E-state index contributed by atoms with van der Waals surface area (Å²) in [6.07, 6.45) is 4.31. The first-order valence-electron chi connectivity index (χ1n) is 3.91. The maximum Gasteiger partial charge on any atom is 0.302 e. The fourth-order valence-electron chi connectivity index (χ4n) is 0.824. The smallest absolute Gasteiger partial charge is 0.302 e. The molecule has 1 unspecified atom stereocenters. The Balaban J connectivity index is 3.21. The van der Waals surface area contributed by atoms with E-state index >= 15 is 0 Å². The van der Waals surface area contributed by atoms with Crippen molar-refractivity contribution in [1.82, 2.24) is 0 Å². The number of unbranched alkanes of at least 4 members (excludes halogenated alkanes) is 2. The molecule has 0 bridgehead atoms. The van der Waals surface area contributed by atoms with Crippen LogP contribution in [0.15, 0.2) is 0 Å². The molecule has 0 aromatic heterocycles. The van der Waals surface area contributed by atoms with E-state index < -0.39 is 5.97 Å². The van der Waals surface area contributed by atoms with E-state index in [0.29, 0.717) is 0 Å². The fraction of sp³-hybridized carbons (Fsp3) is 0.857. The Morgan fingerprint density at radius 1 is 1.60 bits per heavy atom. The van der Waals surface area contributed by atoms with Crippen LogP contribution in [0.4, 0.5) is 0 Å². The third kappa shape index (κ3) is 4.55. The van der Waals surface area contributed by atoms with E-state index in [1.807, 2.05) is 0 Å². The van der Waals surface area contributed by atoms with Gasteiger partial charge in [-0.2, -0.15) is 0 Å². The minimum atomic E-state index is -0.609. The molecule has 0 saturated carbocycles. The zero-order valence-corrected chi connectivity index (χ0v) is 8.76. The van der Waals surface area contributed by atoms with Crippen LogP contribution in [0.3, 0.4) is 0 Å². The van der Waals surface area contributed by atoms with Crippen LogP contribution in [-0.2, 0) is 4.79 Å².